The number of benzene rings is 2. The maximum absolute atomic E-state index is 12.1. The largest absolute Gasteiger partial charge is 0.364 e. The molecule has 2 aromatic carbocycles. The first-order valence-electron chi connectivity index (χ1n) is 5.74. The average molecular weight is 324 g/mol. The van der Waals surface area contributed by atoms with E-state index in [0.29, 0.717) is 0 Å². The Balaban J connectivity index is 2.58. The summed E-state index contributed by atoms with van der Waals surface area (Å²) >= 11 is 0. The van der Waals surface area contributed by atoms with Crippen molar-refractivity contribution in [3.05, 3.63) is 68.8 Å². The molecular formula is C12H8N2O7S. The third kappa shape index (κ3) is 3.01. The summed E-state index contributed by atoms with van der Waals surface area (Å²) in [6.07, 6.45) is 0. The van der Waals surface area contributed by atoms with E-state index in [9.17, 15) is 28.6 Å². The van der Waals surface area contributed by atoms with E-state index in [0.717, 1.165) is 18.2 Å². The molecule has 0 saturated carbocycles. The molecule has 0 aliphatic heterocycles. The molecular weight excluding hydrogens is 316 g/mol. The highest BCUT2D eigenvalue weighted by molar-refractivity contribution is 7.87. The van der Waals surface area contributed by atoms with Gasteiger partial charge in [-0.25, -0.2) is 0 Å². The van der Waals surface area contributed by atoms with Crippen LogP contribution in [0, 0.1) is 20.2 Å². The Morgan fingerprint density at radius 3 is 1.77 bits per heavy atom. The molecule has 9 nitrogen and oxygen atoms in total. The van der Waals surface area contributed by atoms with Gasteiger partial charge < -0.3 is 4.18 Å². The van der Waals surface area contributed by atoms with Gasteiger partial charge in [0, 0.05) is 12.1 Å². The number of nitrogens with zero attached hydrogens (tertiary/aromatic N) is 2. The van der Waals surface area contributed by atoms with Crippen LogP contribution in [0.15, 0.2) is 53.4 Å². The fourth-order valence-electron chi connectivity index (χ4n) is 1.63. The summed E-state index contributed by atoms with van der Waals surface area (Å²) in [5, 5.41) is 21.9. The first kappa shape index (κ1) is 15.4. The van der Waals surface area contributed by atoms with E-state index in [1.807, 2.05) is 0 Å². The molecule has 22 heavy (non-hydrogen) atoms. The number of hydrogen-bond donors (Lipinski definition) is 0. The molecule has 0 aliphatic carbocycles. The second-order valence-electron chi connectivity index (χ2n) is 3.99. The van der Waals surface area contributed by atoms with Crippen molar-refractivity contribution >= 4 is 21.5 Å². The van der Waals surface area contributed by atoms with Gasteiger partial charge in [-0.1, -0.05) is 18.2 Å². The number of para-hydroxylation sites is 1. The minimum Gasteiger partial charge on any atom is -0.364 e. The van der Waals surface area contributed by atoms with Gasteiger partial charge in [0.15, 0.2) is 0 Å². The minimum atomic E-state index is -4.43. The molecule has 0 radical (unpaired) electrons. The molecule has 0 aromatic heterocycles. The molecule has 0 saturated heterocycles. The van der Waals surface area contributed by atoms with E-state index < -0.39 is 37.1 Å². The smallest absolute Gasteiger partial charge is 0.339 e. The number of rotatable bonds is 5. The van der Waals surface area contributed by atoms with Gasteiger partial charge in [-0.15, -0.1) is 0 Å². The third-order valence-corrected chi connectivity index (χ3v) is 3.83. The summed E-state index contributed by atoms with van der Waals surface area (Å²) in [6.45, 7) is 0. The molecule has 0 bridgehead atoms. The van der Waals surface area contributed by atoms with Crippen LogP contribution in [0.5, 0.6) is 5.75 Å². The van der Waals surface area contributed by atoms with Crippen LogP contribution in [0.4, 0.5) is 11.4 Å². The number of nitro benzene ring substituents is 2. The van der Waals surface area contributed by atoms with Crippen LogP contribution in [-0.4, -0.2) is 18.3 Å². The Bertz CT molecular complexity index is 802. The molecule has 114 valence electrons. The molecule has 0 unspecified atom stereocenters. The Hall–Kier alpha value is -3.01. The zero-order valence-corrected chi connectivity index (χ0v) is 11.6. The van der Waals surface area contributed by atoms with Gasteiger partial charge in [0.1, 0.15) is 4.90 Å². The van der Waals surface area contributed by atoms with Crippen molar-refractivity contribution in [2.45, 2.75) is 4.90 Å². The highest BCUT2D eigenvalue weighted by atomic mass is 32.2. The van der Waals surface area contributed by atoms with Crippen molar-refractivity contribution < 1.29 is 22.4 Å². The Morgan fingerprint density at radius 1 is 0.818 bits per heavy atom. The summed E-state index contributed by atoms with van der Waals surface area (Å²) in [6, 6.07) is 9.72. The fraction of sp³-hybridized carbons (Fsp3) is 0. The van der Waals surface area contributed by atoms with Gasteiger partial charge in [0.2, 0.25) is 0 Å². The maximum atomic E-state index is 12.1. The van der Waals surface area contributed by atoms with Crippen molar-refractivity contribution in [2.75, 3.05) is 0 Å². The number of nitro groups is 2. The second-order valence-corrected chi connectivity index (χ2v) is 5.54. The van der Waals surface area contributed by atoms with Crippen LogP contribution >= 0.6 is 0 Å². The molecule has 0 heterocycles. The van der Waals surface area contributed by atoms with E-state index >= 15 is 0 Å². The molecule has 0 atom stereocenters. The van der Waals surface area contributed by atoms with Crippen LogP contribution in [-0.2, 0) is 10.1 Å². The summed E-state index contributed by atoms with van der Waals surface area (Å²) < 4.78 is 28.8. The normalized spacial score (nSPS) is 10.9. The van der Waals surface area contributed by atoms with Crippen LogP contribution in [0.3, 0.4) is 0 Å². The first-order chi connectivity index (χ1) is 10.3. The Kier molecular flexibility index (Phi) is 4.04. The number of hydrogen-bond acceptors (Lipinski definition) is 7. The van der Waals surface area contributed by atoms with Gasteiger partial charge >= 0.3 is 21.5 Å². The molecule has 0 aliphatic rings. The van der Waals surface area contributed by atoms with Gasteiger partial charge in [0.25, 0.3) is 5.75 Å². The SMILES string of the molecule is O=[N+]([O-])c1cccc([N+](=O)[O-])c1OS(=O)(=O)c1ccccc1. The molecule has 0 spiro atoms. The Labute approximate surface area is 124 Å². The van der Waals surface area contributed by atoms with Crippen LogP contribution in [0.2, 0.25) is 0 Å². The third-order valence-electron chi connectivity index (χ3n) is 2.59. The first-order valence-corrected chi connectivity index (χ1v) is 7.15. The van der Waals surface area contributed by atoms with Gasteiger partial charge in [-0.05, 0) is 18.2 Å². The average Bonchev–Trinajstić information content (AvgIpc) is 2.47. The summed E-state index contributed by atoms with van der Waals surface area (Å²) in [5.74, 6) is -0.929. The highest BCUT2D eigenvalue weighted by Gasteiger charge is 2.31. The van der Waals surface area contributed by atoms with E-state index in [-0.39, 0.29) is 4.90 Å². The predicted octanol–water partition coefficient (Wildman–Crippen LogP) is 2.27. The van der Waals surface area contributed by atoms with Gasteiger partial charge in [-0.3, -0.25) is 20.2 Å². The van der Waals surface area contributed by atoms with Crippen molar-refractivity contribution in [1.82, 2.24) is 0 Å². The van der Waals surface area contributed by atoms with E-state index in [4.69, 9.17) is 0 Å². The molecule has 0 N–H and O–H groups in total. The van der Waals surface area contributed by atoms with Crippen molar-refractivity contribution in [3.8, 4) is 5.75 Å². The zero-order valence-electron chi connectivity index (χ0n) is 10.8. The topological polar surface area (TPSA) is 130 Å². The van der Waals surface area contributed by atoms with Crippen LogP contribution < -0.4 is 4.18 Å². The minimum absolute atomic E-state index is 0.276. The van der Waals surface area contributed by atoms with E-state index in [2.05, 4.69) is 4.18 Å². The molecule has 2 aromatic rings. The molecule has 10 heteroatoms. The van der Waals surface area contributed by atoms with Crippen molar-refractivity contribution in [1.29, 1.82) is 0 Å². The highest BCUT2D eigenvalue weighted by Crippen LogP contribution is 2.38. The lowest BCUT2D eigenvalue weighted by Crippen LogP contribution is -2.12. The maximum Gasteiger partial charge on any atom is 0.339 e. The Morgan fingerprint density at radius 2 is 1.32 bits per heavy atom. The second kappa shape index (κ2) is 5.77. The monoisotopic (exact) mass is 324 g/mol. The zero-order chi connectivity index (χ0) is 16.3. The lowest BCUT2D eigenvalue weighted by molar-refractivity contribution is -0.395. The molecule has 0 fully saturated rings. The predicted molar refractivity (Wildman–Crippen MR) is 74.0 cm³/mol. The fourth-order valence-corrected chi connectivity index (χ4v) is 2.61. The quantitative estimate of drug-likeness (QED) is 0.468. The molecule has 0 amide bonds. The lowest BCUT2D eigenvalue weighted by atomic mass is 10.2. The lowest BCUT2D eigenvalue weighted by Gasteiger charge is -2.07. The van der Waals surface area contributed by atoms with E-state index in [1.54, 1.807) is 6.07 Å². The van der Waals surface area contributed by atoms with E-state index in [1.165, 1.54) is 24.3 Å². The summed E-state index contributed by atoms with van der Waals surface area (Å²) in [4.78, 5) is 19.7. The van der Waals surface area contributed by atoms with Gasteiger partial charge in [0.05, 0.1) is 9.85 Å². The molecule has 2 rings (SSSR count). The standard InChI is InChI=1S/C12H8N2O7S/c15-13(16)10-7-4-8-11(14(17)18)12(10)21-22(19,20)9-5-2-1-3-6-9/h1-8H. The summed E-state index contributed by atoms with van der Waals surface area (Å²) in [7, 11) is -4.43. The van der Waals surface area contributed by atoms with Crippen molar-refractivity contribution in [2.24, 2.45) is 0 Å². The van der Waals surface area contributed by atoms with Crippen LogP contribution in [0.25, 0.3) is 0 Å². The van der Waals surface area contributed by atoms with Crippen molar-refractivity contribution in [3.63, 3.8) is 0 Å². The summed E-state index contributed by atoms with van der Waals surface area (Å²) in [5.41, 5.74) is -1.62. The van der Waals surface area contributed by atoms with Crippen LogP contribution in [0.1, 0.15) is 0 Å². The van der Waals surface area contributed by atoms with Gasteiger partial charge in [-0.2, -0.15) is 8.42 Å².